The number of nitrogens with zero attached hydrogens (tertiary/aromatic N) is 1. The van der Waals surface area contributed by atoms with Crippen LogP contribution in [0.2, 0.25) is 0 Å². The number of hydrogen-bond acceptors (Lipinski definition) is 5. The quantitative estimate of drug-likeness (QED) is 0.417. The lowest BCUT2D eigenvalue weighted by atomic mass is 9.90. The molecule has 1 fully saturated rings. The first-order valence-electron chi connectivity index (χ1n) is 11.6. The van der Waals surface area contributed by atoms with Crippen LogP contribution in [0.15, 0.2) is 71.3 Å². The van der Waals surface area contributed by atoms with Crippen molar-refractivity contribution in [2.45, 2.75) is 38.8 Å². The second kappa shape index (κ2) is 10.1. The Bertz CT molecular complexity index is 1280. The molecule has 1 aliphatic rings. The summed E-state index contributed by atoms with van der Waals surface area (Å²) in [6.07, 6.45) is 1.51. The molecular formula is C27H28N4O5. The number of rotatable bonds is 8. The molecule has 9 nitrogen and oxygen atoms in total. The highest BCUT2D eigenvalue weighted by atomic mass is 16.3. The van der Waals surface area contributed by atoms with Gasteiger partial charge >= 0.3 is 6.03 Å². The maximum atomic E-state index is 13.2. The summed E-state index contributed by atoms with van der Waals surface area (Å²) in [4.78, 5) is 52.2. The third-order valence-corrected chi connectivity index (χ3v) is 6.18. The minimum atomic E-state index is -1.28. The van der Waals surface area contributed by atoms with E-state index in [2.05, 4.69) is 29.8 Å². The molecule has 186 valence electrons. The van der Waals surface area contributed by atoms with E-state index in [-0.39, 0.29) is 17.8 Å². The Morgan fingerprint density at radius 2 is 1.75 bits per heavy atom. The lowest BCUT2D eigenvalue weighted by Crippen LogP contribution is -2.42. The molecule has 0 aliphatic carbocycles. The molecule has 0 spiro atoms. The SMILES string of the molecule is CC(C)c1ccc([C@]2(C)NC(=O)N(CC(=O)Nc3ccccc3C(=O)NCc3ccco3)C2=O)cc1. The molecule has 2 heterocycles. The Balaban J connectivity index is 1.43. The molecule has 4 rings (SSSR count). The van der Waals surface area contributed by atoms with Gasteiger partial charge in [0, 0.05) is 0 Å². The molecule has 0 radical (unpaired) electrons. The van der Waals surface area contributed by atoms with Gasteiger partial charge in [0.25, 0.3) is 11.8 Å². The van der Waals surface area contributed by atoms with Crippen LogP contribution < -0.4 is 16.0 Å². The van der Waals surface area contributed by atoms with Gasteiger partial charge in [0.1, 0.15) is 17.8 Å². The van der Waals surface area contributed by atoms with Crippen LogP contribution in [-0.2, 0) is 21.7 Å². The van der Waals surface area contributed by atoms with E-state index in [0.29, 0.717) is 17.2 Å². The average Bonchev–Trinajstić information content (AvgIpc) is 3.46. The predicted octanol–water partition coefficient (Wildman–Crippen LogP) is 3.74. The topological polar surface area (TPSA) is 121 Å². The Morgan fingerprint density at radius 1 is 1.03 bits per heavy atom. The van der Waals surface area contributed by atoms with Crippen LogP contribution in [0.25, 0.3) is 0 Å². The van der Waals surface area contributed by atoms with Crippen molar-refractivity contribution in [1.29, 1.82) is 0 Å². The normalized spacial score (nSPS) is 17.3. The van der Waals surface area contributed by atoms with Gasteiger partial charge < -0.3 is 20.4 Å². The Morgan fingerprint density at radius 3 is 2.42 bits per heavy atom. The van der Waals surface area contributed by atoms with Crippen LogP contribution in [0.5, 0.6) is 0 Å². The zero-order valence-electron chi connectivity index (χ0n) is 20.3. The number of carbonyl (C=O) groups excluding carboxylic acids is 4. The van der Waals surface area contributed by atoms with Gasteiger partial charge in [0.15, 0.2) is 0 Å². The number of imide groups is 1. The second-order valence-corrected chi connectivity index (χ2v) is 9.08. The van der Waals surface area contributed by atoms with Crippen LogP contribution in [0.1, 0.15) is 53.9 Å². The first-order valence-corrected chi connectivity index (χ1v) is 11.6. The summed E-state index contributed by atoms with van der Waals surface area (Å²) in [6, 6.07) is 16.8. The minimum absolute atomic E-state index is 0.188. The molecule has 36 heavy (non-hydrogen) atoms. The summed E-state index contributed by atoms with van der Waals surface area (Å²) in [5.41, 5.74) is 0.966. The van der Waals surface area contributed by atoms with Crippen molar-refractivity contribution in [1.82, 2.24) is 15.5 Å². The number of para-hydroxylation sites is 1. The van der Waals surface area contributed by atoms with Crippen molar-refractivity contribution in [3.05, 3.63) is 89.4 Å². The zero-order chi connectivity index (χ0) is 25.9. The summed E-state index contributed by atoms with van der Waals surface area (Å²) in [5, 5.41) is 8.08. The molecule has 3 aromatic rings. The summed E-state index contributed by atoms with van der Waals surface area (Å²) in [5.74, 6) is -0.621. The number of urea groups is 1. The highest BCUT2D eigenvalue weighted by molar-refractivity contribution is 6.11. The summed E-state index contributed by atoms with van der Waals surface area (Å²) >= 11 is 0. The van der Waals surface area contributed by atoms with Crippen molar-refractivity contribution >= 4 is 29.4 Å². The third kappa shape index (κ3) is 5.00. The first-order chi connectivity index (χ1) is 17.2. The van der Waals surface area contributed by atoms with E-state index in [9.17, 15) is 19.2 Å². The van der Waals surface area contributed by atoms with Crippen LogP contribution in [0, 0.1) is 0 Å². The Labute approximate surface area is 208 Å². The monoisotopic (exact) mass is 488 g/mol. The van der Waals surface area contributed by atoms with Crippen molar-refractivity contribution in [3.63, 3.8) is 0 Å². The third-order valence-electron chi connectivity index (χ3n) is 6.18. The molecule has 2 aromatic carbocycles. The molecule has 1 atom stereocenters. The van der Waals surface area contributed by atoms with Crippen LogP contribution in [0.4, 0.5) is 10.5 Å². The van der Waals surface area contributed by atoms with Crippen molar-refractivity contribution in [2.24, 2.45) is 0 Å². The van der Waals surface area contributed by atoms with E-state index in [1.807, 2.05) is 24.3 Å². The van der Waals surface area contributed by atoms with Crippen molar-refractivity contribution in [2.75, 3.05) is 11.9 Å². The number of benzene rings is 2. The predicted molar refractivity (Wildman–Crippen MR) is 133 cm³/mol. The molecule has 0 bridgehead atoms. The van der Waals surface area contributed by atoms with Crippen LogP contribution in [-0.4, -0.2) is 35.2 Å². The minimum Gasteiger partial charge on any atom is -0.467 e. The lowest BCUT2D eigenvalue weighted by Gasteiger charge is -2.23. The molecule has 5 amide bonds. The molecule has 1 aromatic heterocycles. The van der Waals surface area contributed by atoms with E-state index in [1.165, 1.54) is 6.26 Å². The van der Waals surface area contributed by atoms with E-state index >= 15 is 0 Å². The molecule has 9 heteroatoms. The van der Waals surface area contributed by atoms with Crippen LogP contribution in [0.3, 0.4) is 0 Å². The average molecular weight is 489 g/mol. The van der Waals surface area contributed by atoms with Gasteiger partial charge in [-0.15, -0.1) is 0 Å². The largest absolute Gasteiger partial charge is 0.467 e. The van der Waals surface area contributed by atoms with Gasteiger partial charge in [-0.3, -0.25) is 19.3 Å². The smallest absolute Gasteiger partial charge is 0.325 e. The van der Waals surface area contributed by atoms with Gasteiger partial charge in [0.2, 0.25) is 5.91 Å². The maximum absolute atomic E-state index is 13.2. The molecular weight excluding hydrogens is 460 g/mol. The fourth-order valence-electron chi connectivity index (χ4n) is 4.04. The van der Waals surface area contributed by atoms with E-state index in [4.69, 9.17) is 4.42 Å². The van der Waals surface area contributed by atoms with Gasteiger partial charge in [-0.05, 0) is 48.2 Å². The number of hydrogen-bond donors (Lipinski definition) is 3. The number of nitrogens with one attached hydrogen (secondary N) is 3. The first kappa shape index (κ1) is 24.7. The van der Waals surface area contributed by atoms with Gasteiger partial charge in [-0.1, -0.05) is 50.2 Å². The summed E-state index contributed by atoms with van der Waals surface area (Å²) in [7, 11) is 0. The van der Waals surface area contributed by atoms with E-state index in [0.717, 1.165) is 10.5 Å². The highest BCUT2D eigenvalue weighted by Crippen LogP contribution is 2.30. The number of anilines is 1. The van der Waals surface area contributed by atoms with E-state index < -0.39 is 35.8 Å². The fraction of sp³-hybridized carbons (Fsp3) is 0.259. The summed E-state index contributed by atoms with van der Waals surface area (Å²) in [6.45, 7) is 5.45. The molecule has 1 saturated heterocycles. The van der Waals surface area contributed by atoms with Gasteiger partial charge in [-0.2, -0.15) is 0 Å². The number of furan rings is 1. The summed E-state index contributed by atoms with van der Waals surface area (Å²) < 4.78 is 5.21. The molecule has 3 N–H and O–H groups in total. The maximum Gasteiger partial charge on any atom is 0.325 e. The second-order valence-electron chi connectivity index (χ2n) is 9.08. The zero-order valence-corrected chi connectivity index (χ0v) is 20.3. The molecule has 0 unspecified atom stereocenters. The van der Waals surface area contributed by atoms with Crippen molar-refractivity contribution < 1.29 is 23.6 Å². The molecule has 0 saturated carbocycles. The Kier molecular flexibility index (Phi) is 6.91. The Hall–Kier alpha value is -4.40. The highest BCUT2D eigenvalue weighted by Gasteiger charge is 2.49. The van der Waals surface area contributed by atoms with Gasteiger partial charge in [0.05, 0.1) is 24.1 Å². The standard InChI is InChI=1S/C27H28N4O5/c1-17(2)18-10-12-19(13-11-18)27(3)25(34)31(26(35)30-27)16-23(32)29-22-9-5-4-8-21(22)24(33)28-15-20-7-6-14-36-20/h4-14,17H,15-16H2,1-3H3,(H,28,33)(H,29,32)(H,30,35)/t27-/m0/s1. The lowest BCUT2D eigenvalue weighted by molar-refractivity contribution is -0.133. The molecule has 1 aliphatic heterocycles. The number of amides is 5. The fourth-order valence-corrected chi connectivity index (χ4v) is 4.04. The van der Waals surface area contributed by atoms with E-state index in [1.54, 1.807) is 43.3 Å². The van der Waals surface area contributed by atoms with Gasteiger partial charge in [-0.25, -0.2) is 4.79 Å². The number of carbonyl (C=O) groups is 4. The van der Waals surface area contributed by atoms with Crippen LogP contribution >= 0.6 is 0 Å². The van der Waals surface area contributed by atoms with Crippen molar-refractivity contribution in [3.8, 4) is 0 Å².